The maximum Gasteiger partial charge on any atom is 0.315 e. The molecule has 0 fully saturated rings. The summed E-state index contributed by atoms with van der Waals surface area (Å²) in [5.41, 5.74) is 3.69. The quantitative estimate of drug-likeness (QED) is 0.577. The van der Waals surface area contributed by atoms with Crippen molar-refractivity contribution in [2.75, 3.05) is 6.61 Å². The van der Waals surface area contributed by atoms with E-state index in [0.717, 1.165) is 35.5 Å². The second kappa shape index (κ2) is 9.39. The molecule has 6 nitrogen and oxygen atoms in total. The van der Waals surface area contributed by atoms with Gasteiger partial charge in [-0.05, 0) is 29.7 Å². The summed E-state index contributed by atoms with van der Waals surface area (Å²) in [5, 5.41) is 6.35. The second-order valence-electron chi connectivity index (χ2n) is 6.20. The third-order valence-corrected chi connectivity index (χ3v) is 4.28. The van der Waals surface area contributed by atoms with Crippen LogP contribution >= 0.6 is 11.6 Å². The van der Waals surface area contributed by atoms with Crippen molar-refractivity contribution in [1.29, 1.82) is 0 Å². The van der Waals surface area contributed by atoms with Crippen LogP contribution in [0.3, 0.4) is 0 Å². The number of imidazole rings is 1. The number of carbonyl (C=O) groups is 1. The number of fused-ring (bicyclic) bond motifs is 1. The lowest BCUT2D eigenvalue weighted by Gasteiger charge is -2.11. The fourth-order valence-electron chi connectivity index (χ4n) is 2.71. The molecule has 0 saturated heterocycles. The number of nitrogens with one attached hydrogen (secondary N) is 2. The van der Waals surface area contributed by atoms with Crippen molar-refractivity contribution in [3.8, 4) is 0 Å². The Morgan fingerprint density at radius 2 is 1.89 bits per heavy atom. The molecule has 3 aromatic rings. The van der Waals surface area contributed by atoms with Crippen molar-refractivity contribution in [3.05, 3.63) is 70.6 Å². The summed E-state index contributed by atoms with van der Waals surface area (Å²) in [4.78, 5) is 16.6. The molecule has 0 bridgehead atoms. The fraction of sp³-hybridized carbons (Fsp3) is 0.300. The van der Waals surface area contributed by atoms with Crippen molar-refractivity contribution in [2.24, 2.45) is 0 Å². The predicted molar refractivity (Wildman–Crippen MR) is 106 cm³/mol. The third kappa shape index (κ3) is 5.45. The molecule has 7 heteroatoms. The van der Waals surface area contributed by atoms with Crippen LogP contribution < -0.4 is 10.6 Å². The molecular weight excluding hydrogens is 364 g/mol. The first kappa shape index (κ1) is 19.2. The van der Waals surface area contributed by atoms with Crippen molar-refractivity contribution in [3.63, 3.8) is 0 Å². The van der Waals surface area contributed by atoms with E-state index in [0.29, 0.717) is 24.7 Å². The van der Waals surface area contributed by atoms with Gasteiger partial charge in [0.15, 0.2) is 0 Å². The van der Waals surface area contributed by atoms with Crippen LogP contribution in [-0.2, 0) is 24.4 Å². The number of pyridine rings is 1. The predicted octanol–water partition coefficient (Wildman–Crippen LogP) is 3.91. The topological polar surface area (TPSA) is 67.7 Å². The molecule has 0 aliphatic heterocycles. The normalized spacial score (nSPS) is 10.9. The van der Waals surface area contributed by atoms with E-state index in [-0.39, 0.29) is 6.03 Å². The van der Waals surface area contributed by atoms with Crippen molar-refractivity contribution in [1.82, 2.24) is 20.0 Å². The zero-order valence-corrected chi connectivity index (χ0v) is 16.0. The van der Waals surface area contributed by atoms with Crippen LogP contribution in [-0.4, -0.2) is 22.0 Å². The van der Waals surface area contributed by atoms with Crippen LogP contribution in [0, 0.1) is 0 Å². The Hall–Kier alpha value is -2.57. The SMILES string of the molecule is CCCOCc1ccccc1CNC(=O)NCc1cn2cc(Cl)ccc2n1. The van der Waals surface area contributed by atoms with Crippen LogP contribution in [0.25, 0.3) is 5.65 Å². The first-order chi connectivity index (χ1) is 13.2. The maximum atomic E-state index is 12.1. The minimum atomic E-state index is -0.241. The number of nitrogens with zero attached hydrogens (tertiary/aromatic N) is 2. The number of benzene rings is 1. The summed E-state index contributed by atoms with van der Waals surface area (Å²) in [6.07, 6.45) is 4.62. The third-order valence-electron chi connectivity index (χ3n) is 4.06. The average Bonchev–Trinajstić information content (AvgIpc) is 3.08. The Labute approximate surface area is 163 Å². The molecule has 142 valence electrons. The number of hydrogen-bond donors (Lipinski definition) is 2. The number of hydrogen-bond acceptors (Lipinski definition) is 3. The van der Waals surface area contributed by atoms with Crippen molar-refractivity contribution in [2.45, 2.75) is 33.0 Å². The zero-order chi connectivity index (χ0) is 19.1. The molecule has 0 aliphatic carbocycles. The molecule has 2 N–H and O–H groups in total. The van der Waals surface area contributed by atoms with E-state index in [2.05, 4.69) is 22.5 Å². The highest BCUT2D eigenvalue weighted by atomic mass is 35.5. The van der Waals surface area contributed by atoms with E-state index in [1.807, 2.05) is 40.9 Å². The number of halogens is 1. The Morgan fingerprint density at radius 3 is 2.70 bits per heavy atom. The molecule has 2 amide bonds. The van der Waals surface area contributed by atoms with Gasteiger partial charge in [0.2, 0.25) is 0 Å². The Kier molecular flexibility index (Phi) is 6.68. The molecule has 1 aromatic carbocycles. The molecule has 0 radical (unpaired) electrons. The van der Waals surface area contributed by atoms with Crippen LogP contribution in [0.4, 0.5) is 4.79 Å². The first-order valence-electron chi connectivity index (χ1n) is 8.95. The van der Waals surface area contributed by atoms with Crippen LogP contribution in [0.1, 0.15) is 30.2 Å². The number of carbonyl (C=O) groups excluding carboxylic acids is 1. The summed E-state index contributed by atoms with van der Waals surface area (Å²) < 4.78 is 7.45. The Balaban J connectivity index is 1.51. The highest BCUT2D eigenvalue weighted by Gasteiger charge is 2.07. The zero-order valence-electron chi connectivity index (χ0n) is 15.2. The summed E-state index contributed by atoms with van der Waals surface area (Å²) in [6.45, 7) is 4.14. The number of rotatable bonds is 8. The van der Waals surface area contributed by atoms with Crippen molar-refractivity contribution >= 4 is 23.3 Å². The minimum Gasteiger partial charge on any atom is -0.377 e. The minimum absolute atomic E-state index is 0.241. The van der Waals surface area contributed by atoms with Gasteiger partial charge < -0.3 is 19.8 Å². The summed E-state index contributed by atoms with van der Waals surface area (Å²) >= 11 is 5.97. The maximum absolute atomic E-state index is 12.1. The van der Waals surface area contributed by atoms with Gasteiger partial charge in [-0.2, -0.15) is 0 Å². The highest BCUT2D eigenvalue weighted by Crippen LogP contribution is 2.12. The van der Waals surface area contributed by atoms with E-state index >= 15 is 0 Å². The smallest absolute Gasteiger partial charge is 0.315 e. The number of ether oxygens (including phenoxy) is 1. The summed E-state index contributed by atoms with van der Waals surface area (Å²) in [5.74, 6) is 0. The lowest BCUT2D eigenvalue weighted by atomic mass is 10.1. The standard InChI is InChI=1S/C20H23ClN4O2/c1-2-9-27-14-16-6-4-3-5-15(16)10-22-20(26)23-11-18-13-25-12-17(21)7-8-19(25)24-18/h3-8,12-13H,2,9-11,14H2,1H3,(H2,22,23,26). The van der Waals surface area contributed by atoms with Crippen molar-refractivity contribution < 1.29 is 9.53 Å². The van der Waals surface area contributed by atoms with Gasteiger partial charge in [-0.1, -0.05) is 42.8 Å². The largest absolute Gasteiger partial charge is 0.377 e. The van der Waals surface area contributed by atoms with E-state index < -0.39 is 0 Å². The lowest BCUT2D eigenvalue weighted by molar-refractivity contribution is 0.121. The molecule has 2 aromatic heterocycles. The number of urea groups is 1. The Bertz CT molecular complexity index is 910. The van der Waals surface area contributed by atoms with Gasteiger partial charge in [-0.3, -0.25) is 0 Å². The van der Waals surface area contributed by atoms with Crippen LogP contribution in [0.5, 0.6) is 0 Å². The van der Waals surface area contributed by atoms with Crippen LogP contribution in [0.15, 0.2) is 48.8 Å². The van der Waals surface area contributed by atoms with Gasteiger partial charge in [-0.15, -0.1) is 0 Å². The molecule has 0 unspecified atom stereocenters. The molecular formula is C20H23ClN4O2. The average molecular weight is 387 g/mol. The lowest BCUT2D eigenvalue weighted by Crippen LogP contribution is -2.34. The Morgan fingerprint density at radius 1 is 1.11 bits per heavy atom. The highest BCUT2D eigenvalue weighted by molar-refractivity contribution is 6.30. The first-order valence-corrected chi connectivity index (χ1v) is 9.33. The van der Waals surface area contributed by atoms with Gasteiger partial charge in [0.25, 0.3) is 0 Å². The molecule has 0 aliphatic rings. The van der Waals surface area contributed by atoms with Gasteiger partial charge in [0.05, 0.1) is 23.9 Å². The van der Waals surface area contributed by atoms with Gasteiger partial charge >= 0.3 is 6.03 Å². The second-order valence-corrected chi connectivity index (χ2v) is 6.64. The number of aromatic nitrogens is 2. The molecule has 2 heterocycles. The molecule has 3 rings (SSSR count). The summed E-state index contributed by atoms with van der Waals surface area (Å²) in [6, 6.07) is 11.3. The molecule has 27 heavy (non-hydrogen) atoms. The molecule has 0 saturated carbocycles. The van der Waals surface area contributed by atoms with Gasteiger partial charge in [-0.25, -0.2) is 9.78 Å². The van der Waals surface area contributed by atoms with E-state index in [9.17, 15) is 4.79 Å². The van der Waals surface area contributed by atoms with E-state index in [1.54, 1.807) is 12.3 Å². The molecule has 0 spiro atoms. The summed E-state index contributed by atoms with van der Waals surface area (Å²) in [7, 11) is 0. The van der Waals surface area contributed by atoms with Crippen LogP contribution in [0.2, 0.25) is 5.02 Å². The number of amides is 2. The fourth-order valence-corrected chi connectivity index (χ4v) is 2.88. The van der Waals surface area contributed by atoms with Gasteiger partial charge in [0.1, 0.15) is 5.65 Å². The van der Waals surface area contributed by atoms with E-state index in [4.69, 9.17) is 16.3 Å². The monoisotopic (exact) mass is 386 g/mol. The molecule has 0 atom stereocenters. The van der Waals surface area contributed by atoms with Gasteiger partial charge in [0, 0.05) is 25.5 Å². The van der Waals surface area contributed by atoms with E-state index in [1.165, 1.54) is 0 Å².